The molecule has 1 aliphatic rings. The van der Waals surface area contributed by atoms with Crippen molar-refractivity contribution in [1.82, 2.24) is 19.8 Å². The van der Waals surface area contributed by atoms with Gasteiger partial charge in [-0.25, -0.2) is 4.79 Å². The Hall–Kier alpha value is -2.69. The topological polar surface area (TPSA) is 87.2 Å². The van der Waals surface area contributed by atoms with Gasteiger partial charge in [-0.2, -0.15) is 13.2 Å². The Labute approximate surface area is 169 Å². The average Bonchev–Trinajstić information content (AvgIpc) is 3.12. The monoisotopic (exact) mass is 427 g/mol. The number of nitrogens with zero attached hydrogens (tertiary/aromatic N) is 3. The van der Waals surface area contributed by atoms with Crippen molar-refractivity contribution in [2.24, 2.45) is 5.92 Å². The van der Waals surface area contributed by atoms with Crippen LogP contribution in [0.25, 0.3) is 0 Å². The summed E-state index contributed by atoms with van der Waals surface area (Å²) in [7, 11) is 0. The van der Waals surface area contributed by atoms with E-state index in [0.717, 1.165) is 17.6 Å². The maximum Gasteiger partial charge on any atom is 0.418 e. The van der Waals surface area contributed by atoms with Crippen LogP contribution >= 0.6 is 11.5 Å². The fourth-order valence-electron chi connectivity index (χ4n) is 3.15. The van der Waals surface area contributed by atoms with E-state index < -0.39 is 17.8 Å². The van der Waals surface area contributed by atoms with Gasteiger partial charge in [-0.15, -0.1) is 5.10 Å². The van der Waals surface area contributed by atoms with Gasteiger partial charge < -0.3 is 15.5 Å². The first-order valence-electron chi connectivity index (χ1n) is 9.05. The maximum atomic E-state index is 13.0. The molecular weight excluding hydrogens is 407 g/mol. The van der Waals surface area contributed by atoms with Gasteiger partial charge in [0, 0.05) is 19.6 Å². The summed E-state index contributed by atoms with van der Waals surface area (Å²) >= 11 is 1.07. The fourth-order valence-corrected chi connectivity index (χ4v) is 3.78. The van der Waals surface area contributed by atoms with Crippen LogP contribution < -0.4 is 10.6 Å². The smallest absolute Gasteiger partial charge is 0.338 e. The average molecular weight is 427 g/mol. The van der Waals surface area contributed by atoms with E-state index in [-0.39, 0.29) is 17.5 Å². The maximum absolute atomic E-state index is 13.0. The summed E-state index contributed by atoms with van der Waals surface area (Å²) in [5, 5.41) is 8.73. The molecule has 1 aromatic heterocycles. The minimum absolute atomic E-state index is 0.0922. The summed E-state index contributed by atoms with van der Waals surface area (Å²) in [4.78, 5) is 26.8. The summed E-state index contributed by atoms with van der Waals surface area (Å²) in [5.74, 6) is 0.0498. The number of carbonyl (C=O) groups is 2. The van der Waals surface area contributed by atoms with Crippen molar-refractivity contribution in [1.29, 1.82) is 0 Å². The first kappa shape index (κ1) is 21.0. The van der Waals surface area contributed by atoms with Gasteiger partial charge >= 0.3 is 12.2 Å². The molecule has 0 bridgehead atoms. The van der Waals surface area contributed by atoms with E-state index in [9.17, 15) is 22.8 Å². The molecule has 0 unspecified atom stereocenters. The number of aryl methyl sites for hydroxylation is 1. The number of carbonyl (C=O) groups excluding carboxylic acids is 2. The van der Waals surface area contributed by atoms with Crippen LogP contribution in [0.5, 0.6) is 0 Å². The third kappa shape index (κ3) is 5.22. The predicted octanol–water partition coefficient (Wildman–Crippen LogP) is 3.54. The number of nitrogens with one attached hydrogen (secondary N) is 2. The third-order valence-electron chi connectivity index (χ3n) is 4.78. The van der Waals surface area contributed by atoms with Crippen LogP contribution in [-0.2, 0) is 6.18 Å². The molecule has 3 rings (SSSR count). The van der Waals surface area contributed by atoms with E-state index in [1.807, 2.05) is 0 Å². The highest BCUT2D eigenvalue weighted by atomic mass is 32.1. The molecule has 0 spiro atoms. The summed E-state index contributed by atoms with van der Waals surface area (Å²) < 4.78 is 42.8. The van der Waals surface area contributed by atoms with E-state index in [0.29, 0.717) is 43.0 Å². The molecule has 29 heavy (non-hydrogen) atoms. The number of benzene rings is 1. The van der Waals surface area contributed by atoms with Crippen molar-refractivity contribution in [2.75, 3.05) is 25.0 Å². The zero-order valence-electron chi connectivity index (χ0n) is 15.6. The quantitative estimate of drug-likeness (QED) is 0.781. The molecule has 0 aliphatic carbocycles. The van der Waals surface area contributed by atoms with Crippen molar-refractivity contribution in [2.45, 2.75) is 25.9 Å². The number of hydrogen-bond acceptors (Lipinski definition) is 5. The number of anilines is 1. The van der Waals surface area contributed by atoms with Gasteiger partial charge in [-0.05, 0) is 49.3 Å². The van der Waals surface area contributed by atoms with Gasteiger partial charge in [0.1, 0.15) is 4.88 Å². The number of halogens is 3. The molecule has 1 aliphatic heterocycles. The minimum atomic E-state index is -4.55. The number of urea groups is 1. The lowest BCUT2D eigenvalue weighted by Crippen LogP contribution is -2.42. The van der Waals surface area contributed by atoms with Crippen LogP contribution in [0.2, 0.25) is 0 Å². The van der Waals surface area contributed by atoms with Crippen LogP contribution in [0.4, 0.5) is 23.7 Å². The Morgan fingerprint density at radius 1 is 1.24 bits per heavy atom. The van der Waals surface area contributed by atoms with Crippen LogP contribution in [0.1, 0.15) is 33.8 Å². The van der Waals surface area contributed by atoms with Crippen molar-refractivity contribution < 1.29 is 22.8 Å². The van der Waals surface area contributed by atoms with E-state index in [4.69, 9.17) is 0 Å². The second-order valence-electron chi connectivity index (χ2n) is 6.80. The second kappa shape index (κ2) is 8.76. The highest BCUT2D eigenvalue weighted by molar-refractivity contribution is 7.07. The summed E-state index contributed by atoms with van der Waals surface area (Å²) in [5.41, 5.74) is -0.569. The van der Waals surface area contributed by atoms with Crippen molar-refractivity contribution in [3.05, 3.63) is 40.4 Å². The molecule has 2 heterocycles. The van der Waals surface area contributed by atoms with Gasteiger partial charge in [-0.3, -0.25) is 4.79 Å². The molecule has 0 radical (unpaired) electrons. The Kier molecular flexibility index (Phi) is 6.36. The number of hydrogen-bond donors (Lipinski definition) is 2. The lowest BCUT2D eigenvalue weighted by molar-refractivity contribution is -0.136. The van der Waals surface area contributed by atoms with Crippen LogP contribution in [0.15, 0.2) is 24.3 Å². The highest BCUT2D eigenvalue weighted by Gasteiger charge is 2.33. The Morgan fingerprint density at radius 3 is 2.55 bits per heavy atom. The number of aromatic nitrogens is 2. The number of alkyl halides is 3. The van der Waals surface area contributed by atoms with Crippen LogP contribution in [0, 0.1) is 12.8 Å². The molecule has 2 aromatic rings. The SMILES string of the molecule is Cc1nnsc1C(=O)N1CCC(CNC(=O)Nc2ccccc2C(F)(F)F)CC1. The van der Waals surface area contributed by atoms with E-state index in [1.54, 1.807) is 11.8 Å². The van der Waals surface area contributed by atoms with Crippen molar-refractivity contribution in [3.8, 4) is 0 Å². The molecule has 0 atom stereocenters. The summed E-state index contributed by atoms with van der Waals surface area (Å²) in [6.07, 6.45) is -3.16. The van der Waals surface area contributed by atoms with Gasteiger partial charge in [0.2, 0.25) is 0 Å². The molecule has 1 aromatic carbocycles. The molecule has 11 heteroatoms. The molecule has 156 valence electrons. The normalized spacial score (nSPS) is 15.2. The molecule has 0 saturated carbocycles. The largest absolute Gasteiger partial charge is 0.418 e. The van der Waals surface area contributed by atoms with E-state index in [2.05, 4.69) is 20.2 Å². The summed E-state index contributed by atoms with van der Waals surface area (Å²) in [6.45, 7) is 3.15. The Morgan fingerprint density at radius 2 is 1.93 bits per heavy atom. The zero-order valence-corrected chi connectivity index (χ0v) is 16.4. The highest BCUT2D eigenvalue weighted by Crippen LogP contribution is 2.34. The standard InChI is InChI=1S/C18H20F3N5O2S/c1-11-15(29-25-24-11)16(27)26-8-6-12(7-9-26)10-22-17(28)23-14-5-3-2-4-13(14)18(19,20)21/h2-5,12H,6-10H2,1H3,(H2,22,23,28). The van der Waals surface area contributed by atoms with Crippen LogP contribution in [-0.4, -0.2) is 46.1 Å². The number of likely N-dealkylation sites (tertiary alicyclic amines) is 1. The van der Waals surface area contributed by atoms with Crippen molar-refractivity contribution in [3.63, 3.8) is 0 Å². The minimum Gasteiger partial charge on any atom is -0.338 e. The molecular formula is C18H20F3N5O2S. The molecule has 2 N–H and O–H groups in total. The van der Waals surface area contributed by atoms with E-state index in [1.165, 1.54) is 18.2 Å². The molecule has 1 saturated heterocycles. The fraction of sp³-hybridized carbons (Fsp3) is 0.444. The van der Waals surface area contributed by atoms with Gasteiger partial charge in [0.15, 0.2) is 0 Å². The predicted molar refractivity (Wildman–Crippen MR) is 102 cm³/mol. The number of rotatable bonds is 4. The summed E-state index contributed by atoms with van der Waals surface area (Å²) in [6, 6.07) is 4.14. The van der Waals surface area contributed by atoms with Gasteiger partial charge in [-0.1, -0.05) is 16.6 Å². The van der Waals surface area contributed by atoms with E-state index >= 15 is 0 Å². The lowest BCUT2D eigenvalue weighted by atomic mass is 9.96. The third-order valence-corrected chi connectivity index (χ3v) is 5.60. The Balaban J connectivity index is 1.47. The number of amides is 3. The van der Waals surface area contributed by atoms with Crippen molar-refractivity contribution >= 4 is 29.2 Å². The first-order valence-corrected chi connectivity index (χ1v) is 9.82. The molecule has 7 nitrogen and oxygen atoms in total. The molecule has 3 amide bonds. The van der Waals surface area contributed by atoms with Gasteiger partial charge in [0.25, 0.3) is 5.91 Å². The number of para-hydroxylation sites is 1. The molecule has 1 fully saturated rings. The number of piperidine rings is 1. The van der Waals surface area contributed by atoms with Crippen LogP contribution in [0.3, 0.4) is 0 Å². The van der Waals surface area contributed by atoms with Gasteiger partial charge in [0.05, 0.1) is 16.9 Å². The zero-order chi connectivity index (χ0) is 21.0. The second-order valence-corrected chi connectivity index (χ2v) is 7.56. The lowest BCUT2D eigenvalue weighted by Gasteiger charge is -2.31. The Bertz CT molecular complexity index is 878. The first-order chi connectivity index (χ1) is 13.8.